The fraction of sp³-hybridized carbons (Fsp3) is 0.312. The number of halogens is 1. The number of rotatable bonds is 2. The monoisotopic (exact) mass is 389 g/mol. The van der Waals surface area contributed by atoms with Crippen molar-refractivity contribution in [3.8, 4) is 0 Å². The molecule has 2 aromatic heterocycles. The zero-order valence-electron chi connectivity index (χ0n) is 12.8. The number of H-pyrrole nitrogens is 1. The van der Waals surface area contributed by atoms with Crippen LogP contribution in [0.5, 0.6) is 0 Å². The van der Waals surface area contributed by atoms with Crippen LogP contribution in [0.25, 0.3) is 21.9 Å². The van der Waals surface area contributed by atoms with Gasteiger partial charge >= 0.3 is 6.09 Å². The van der Waals surface area contributed by atoms with Crippen LogP contribution in [-0.4, -0.2) is 43.6 Å². The molecule has 0 saturated carbocycles. The van der Waals surface area contributed by atoms with Crippen molar-refractivity contribution in [3.05, 3.63) is 28.5 Å². The highest BCUT2D eigenvalue weighted by Crippen LogP contribution is 2.29. The summed E-state index contributed by atoms with van der Waals surface area (Å²) in [7, 11) is 0. The Morgan fingerprint density at radius 1 is 1.46 bits per heavy atom. The molecule has 1 saturated heterocycles. The number of nitrogens with zero attached hydrogens (tertiary/aromatic N) is 3. The first kappa shape index (κ1) is 15.2. The Morgan fingerprint density at radius 3 is 3.08 bits per heavy atom. The summed E-state index contributed by atoms with van der Waals surface area (Å²) >= 11 is 3.43. The van der Waals surface area contributed by atoms with Crippen LogP contribution in [0.1, 0.15) is 18.7 Å². The molecule has 1 amide bonds. The number of anilines is 1. The van der Waals surface area contributed by atoms with Crippen LogP contribution in [0.15, 0.2) is 22.7 Å². The molecule has 7 nitrogen and oxygen atoms in total. The number of nitrogens with two attached hydrogens (primary N) is 1. The summed E-state index contributed by atoms with van der Waals surface area (Å²) in [4.78, 5) is 25.1. The van der Waals surface area contributed by atoms with Crippen molar-refractivity contribution >= 4 is 49.8 Å². The first-order valence-corrected chi connectivity index (χ1v) is 8.55. The zero-order chi connectivity index (χ0) is 16.8. The van der Waals surface area contributed by atoms with Crippen molar-refractivity contribution in [3.63, 3.8) is 0 Å². The Morgan fingerprint density at radius 2 is 2.29 bits per heavy atom. The Kier molecular flexibility index (Phi) is 3.56. The Hall–Kier alpha value is -2.35. The van der Waals surface area contributed by atoms with E-state index >= 15 is 0 Å². The van der Waals surface area contributed by atoms with Crippen LogP contribution in [0.2, 0.25) is 0 Å². The molecule has 124 valence electrons. The highest BCUT2D eigenvalue weighted by Gasteiger charge is 2.29. The summed E-state index contributed by atoms with van der Waals surface area (Å²) in [5.41, 5.74) is 8.33. The Labute approximate surface area is 146 Å². The number of nitrogen functional groups attached to an aromatic ring is 1. The number of fused-ring (bicyclic) bond motifs is 3. The van der Waals surface area contributed by atoms with E-state index in [-0.39, 0.29) is 6.04 Å². The molecule has 1 aliphatic rings. The van der Waals surface area contributed by atoms with Gasteiger partial charge in [0.15, 0.2) is 0 Å². The Balaban J connectivity index is 1.76. The molecule has 0 aliphatic carbocycles. The minimum atomic E-state index is -0.870. The first-order valence-electron chi connectivity index (χ1n) is 7.76. The molecule has 0 unspecified atom stereocenters. The number of amides is 1. The van der Waals surface area contributed by atoms with Gasteiger partial charge in [0.2, 0.25) is 0 Å². The van der Waals surface area contributed by atoms with E-state index in [2.05, 4.69) is 30.9 Å². The van der Waals surface area contributed by atoms with Crippen molar-refractivity contribution in [1.82, 2.24) is 19.9 Å². The number of hydrogen-bond donors (Lipinski definition) is 3. The SMILES string of the molecule is Nc1nc2cc(Br)ccc2c2nc(C[C@H]3CCCN3C(=O)O)[nH]c12. The normalized spacial score (nSPS) is 17.9. The van der Waals surface area contributed by atoms with E-state index in [0.717, 1.165) is 39.6 Å². The lowest BCUT2D eigenvalue weighted by Gasteiger charge is -2.20. The third-order valence-corrected chi connectivity index (χ3v) is 5.01. The van der Waals surface area contributed by atoms with Crippen LogP contribution in [0, 0.1) is 0 Å². The highest BCUT2D eigenvalue weighted by molar-refractivity contribution is 9.10. The lowest BCUT2D eigenvalue weighted by atomic mass is 10.1. The molecule has 4 rings (SSSR count). The van der Waals surface area contributed by atoms with Crippen LogP contribution >= 0.6 is 15.9 Å². The van der Waals surface area contributed by atoms with Gasteiger partial charge < -0.3 is 20.7 Å². The summed E-state index contributed by atoms with van der Waals surface area (Å²) in [6.45, 7) is 0.584. The molecular formula is C16H16BrN5O2. The molecule has 24 heavy (non-hydrogen) atoms. The quantitative estimate of drug-likeness (QED) is 0.623. The van der Waals surface area contributed by atoms with E-state index < -0.39 is 6.09 Å². The van der Waals surface area contributed by atoms with Gasteiger partial charge in [-0.15, -0.1) is 0 Å². The van der Waals surface area contributed by atoms with Gasteiger partial charge in [-0.3, -0.25) is 0 Å². The smallest absolute Gasteiger partial charge is 0.407 e. The number of carboxylic acid groups (broad SMARTS) is 1. The molecule has 3 aromatic rings. The van der Waals surface area contributed by atoms with Crippen molar-refractivity contribution in [2.24, 2.45) is 0 Å². The number of imidazole rings is 1. The van der Waals surface area contributed by atoms with E-state index in [1.807, 2.05) is 18.2 Å². The number of benzene rings is 1. The van der Waals surface area contributed by atoms with Crippen molar-refractivity contribution in [2.45, 2.75) is 25.3 Å². The lowest BCUT2D eigenvalue weighted by molar-refractivity contribution is 0.140. The third kappa shape index (κ3) is 2.47. The number of hydrogen-bond acceptors (Lipinski definition) is 4. The summed E-state index contributed by atoms with van der Waals surface area (Å²) in [6, 6.07) is 5.76. The lowest BCUT2D eigenvalue weighted by Crippen LogP contribution is -2.35. The maximum absolute atomic E-state index is 11.3. The van der Waals surface area contributed by atoms with Crippen LogP contribution in [-0.2, 0) is 6.42 Å². The van der Waals surface area contributed by atoms with Crippen LogP contribution in [0.4, 0.5) is 10.6 Å². The van der Waals surface area contributed by atoms with Gasteiger partial charge in [0.05, 0.1) is 5.52 Å². The molecule has 4 N–H and O–H groups in total. The molecule has 8 heteroatoms. The summed E-state index contributed by atoms with van der Waals surface area (Å²) < 4.78 is 0.931. The minimum Gasteiger partial charge on any atom is -0.465 e. The van der Waals surface area contributed by atoms with E-state index in [0.29, 0.717) is 24.3 Å². The van der Waals surface area contributed by atoms with Gasteiger partial charge in [0.25, 0.3) is 0 Å². The summed E-state index contributed by atoms with van der Waals surface area (Å²) in [5.74, 6) is 1.14. The van der Waals surface area contributed by atoms with Gasteiger partial charge in [-0.25, -0.2) is 14.8 Å². The topological polar surface area (TPSA) is 108 Å². The van der Waals surface area contributed by atoms with Gasteiger partial charge in [0.1, 0.15) is 22.7 Å². The van der Waals surface area contributed by atoms with Crippen molar-refractivity contribution in [2.75, 3.05) is 12.3 Å². The number of likely N-dealkylation sites (tertiary alicyclic amines) is 1. The molecule has 3 heterocycles. The molecule has 1 aliphatic heterocycles. The molecule has 0 spiro atoms. The van der Waals surface area contributed by atoms with Crippen LogP contribution < -0.4 is 5.73 Å². The molecule has 1 aromatic carbocycles. The van der Waals surface area contributed by atoms with E-state index in [1.54, 1.807) is 0 Å². The highest BCUT2D eigenvalue weighted by atomic mass is 79.9. The molecule has 0 bridgehead atoms. The van der Waals surface area contributed by atoms with Gasteiger partial charge in [-0.1, -0.05) is 15.9 Å². The van der Waals surface area contributed by atoms with Gasteiger partial charge in [-0.05, 0) is 31.0 Å². The Bertz CT molecular complexity index is 954. The second-order valence-corrected chi connectivity index (χ2v) is 6.96. The average Bonchev–Trinajstić information content (AvgIpc) is 3.14. The van der Waals surface area contributed by atoms with E-state index in [4.69, 9.17) is 5.73 Å². The molecule has 1 fully saturated rings. The van der Waals surface area contributed by atoms with Crippen molar-refractivity contribution in [1.29, 1.82) is 0 Å². The standard InChI is InChI=1S/C16H16BrN5O2/c17-8-3-4-10-11(6-8)19-15(18)14-13(10)20-12(21-14)7-9-2-1-5-22(9)16(23)24/h3-4,6,9H,1-2,5,7H2,(H2,18,19)(H,20,21)(H,23,24)/t9-/m1/s1. The van der Waals surface area contributed by atoms with Gasteiger partial charge in [0, 0.05) is 28.9 Å². The second kappa shape index (κ2) is 5.62. The zero-order valence-corrected chi connectivity index (χ0v) is 14.4. The number of pyridine rings is 1. The third-order valence-electron chi connectivity index (χ3n) is 4.52. The number of nitrogens with one attached hydrogen (secondary N) is 1. The predicted molar refractivity (Wildman–Crippen MR) is 95.0 cm³/mol. The fourth-order valence-electron chi connectivity index (χ4n) is 3.41. The number of carbonyl (C=O) groups is 1. The first-order chi connectivity index (χ1) is 11.5. The van der Waals surface area contributed by atoms with E-state index in [9.17, 15) is 9.90 Å². The maximum atomic E-state index is 11.3. The molecule has 1 atom stereocenters. The summed E-state index contributed by atoms with van der Waals surface area (Å²) in [5, 5.41) is 10.2. The largest absolute Gasteiger partial charge is 0.465 e. The molecular weight excluding hydrogens is 374 g/mol. The number of aromatic nitrogens is 3. The number of aromatic amines is 1. The minimum absolute atomic E-state index is 0.0438. The van der Waals surface area contributed by atoms with E-state index in [1.165, 1.54) is 4.90 Å². The maximum Gasteiger partial charge on any atom is 0.407 e. The van der Waals surface area contributed by atoms with Gasteiger partial charge in [-0.2, -0.15) is 0 Å². The fourth-order valence-corrected chi connectivity index (χ4v) is 3.75. The van der Waals surface area contributed by atoms with Crippen LogP contribution in [0.3, 0.4) is 0 Å². The average molecular weight is 390 g/mol. The second-order valence-electron chi connectivity index (χ2n) is 6.04. The molecule has 0 radical (unpaired) electrons. The van der Waals surface area contributed by atoms with Crippen molar-refractivity contribution < 1.29 is 9.90 Å². The summed E-state index contributed by atoms with van der Waals surface area (Å²) in [6.07, 6.45) is 1.42. The predicted octanol–water partition coefficient (Wildman–Crippen LogP) is 3.14.